The first-order chi connectivity index (χ1) is 7.18. The summed E-state index contributed by atoms with van der Waals surface area (Å²) >= 11 is 2.92. The highest BCUT2D eigenvalue weighted by Gasteiger charge is 2.36. The van der Waals surface area contributed by atoms with Crippen LogP contribution in [0.3, 0.4) is 0 Å². The van der Waals surface area contributed by atoms with E-state index in [0.29, 0.717) is 11.5 Å². The van der Waals surface area contributed by atoms with Gasteiger partial charge < -0.3 is 0 Å². The summed E-state index contributed by atoms with van der Waals surface area (Å²) in [6.45, 7) is 2.99. The Balaban J connectivity index is 3.60. The van der Waals surface area contributed by atoms with Crippen LogP contribution in [0.2, 0.25) is 0 Å². The largest absolute Gasteiger partial charge is 0.417 e. The van der Waals surface area contributed by atoms with Gasteiger partial charge in [-0.3, -0.25) is 0 Å². The molecule has 0 spiro atoms. The summed E-state index contributed by atoms with van der Waals surface area (Å²) in [7, 11) is -4.12. The molecule has 0 aromatic heterocycles. The summed E-state index contributed by atoms with van der Waals surface area (Å²) < 4.78 is 60.6. The fourth-order valence-corrected chi connectivity index (χ4v) is 2.53. The Hall–Kier alpha value is -0.820. The fraction of sp³-hybridized carbons (Fsp3) is 0.111. The lowest BCUT2D eigenvalue weighted by Crippen LogP contribution is -2.11. The van der Waals surface area contributed by atoms with Gasteiger partial charge in [-0.25, -0.2) is 8.42 Å². The second-order valence-corrected chi connectivity index (χ2v) is 5.63. The van der Waals surface area contributed by atoms with Crippen LogP contribution in [-0.2, 0) is 16.0 Å². The van der Waals surface area contributed by atoms with E-state index >= 15 is 0 Å². The van der Waals surface area contributed by atoms with E-state index in [1.165, 1.54) is 0 Å². The SMILES string of the molecule is C=CS(=O)(=O)c1cc(Br)ccc1C(F)(F)F. The van der Waals surface area contributed by atoms with Gasteiger partial charge in [-0.2, -0.15) is 13.2 Å². The van der Waals surface area contributed by atoms with Crippen LogP contribution >= 0.6 is 15.9 Å². The van der Waals surface area contributed by atoms with Crippen molar-refractivity contribution >= 4 is 25.8 Å². The van der Waals surface area contributed by atoms with Crippen molar-refractivity contribution in [2.75, 3.05) is 0 Å². The third kappa shape index (κ3) is 2.65. The molecule has 7 heteroatoms. The van der Waals surface area contributed by atoms with Crippen LogP contribution in [0.15, 0.2) is 39.6 Å². The van der Waals surface area contributed by atoms with Gasteiger partial charge in [0.2, 0.25) is 0 Å². The Bertz CT molecular complexity index is 520. The highest BCUT2D eigenvalue weighted by molar-refractivity contribution is 9.10. The molecule has 1 rings (SSSR count). The molecule has 0 atom stereocenters. The standard InChI is InChI=1S/C9H6BrF3O2S/c1-2-16(14,15)8-5-6(10)3-4-7(8)9(11,12)13/h2-5H,1H2. The molecule has 16 heavy (non-hydrogen) atoms. The molecule has 0 bridgehead atoms. The van der Waals surface area contributed by atoms with Crippen molar-refractivity contribution in [3.05, 3.63) is 40.2 Å². The summed E-state index contributed by atoms with van der Waals surface area (Å²) in [5, 5.41) is 0.490. The number of hydrogen-bond acceptors (Lipinski definition) is 2. The number of benzene rings is 1. The van der Waals surface area contributed by atoms with Crippen LogP contribution < -0.4 is 0 Å². The lowest BCUT2D eigenvalue weighted by atomic mass is 10.2. The van der Waals surface area contributed by atoms with Gasteiger partial charge in [0.05, 0.1) is 10.5 Å². The van der Waals surface area contributed by atoms with Crippen molar-refractivity contribution in [3.63, 3.8) is 0 Å². The van der Waals surface area contributed by atoms with Crippen molar-refractivity contribution in [1.29, 1.82) is 0 Å². The van der Waals surface area contributed by atoms with Gasteiger partial charge in [-0.15, -0.1) is 0 Å². The van der Waals surface area contributed by atoms with Crippen LogP contribution in [0, 0.1) is 0 Å². The van der Waals surface area contributed by atoms with E-state index in [0.717, 1.165) is 12.1 Å². The second-order valence-electron chi connectivity index (χ2n) is 2.85. The first-order valence-electron chi connectivity index (χ1n) is 3.93. The summed E-state index contributed by atoms with van der Waals surface area (Å²) in [6.07, 6.45) is -4.72. The van der Waals surface area contributed by atoms with E-state index in [2.05, 4.69) is 22.5 Å². The van der Waals surface area contributed by atoms with Crippen LogP contribution in [0.1, 0.15) is 5.56 Å². The van der Waals surface area contributed by atoms with Gasteiger partial charge in [0.1, 0.15) is 0 Å². The van der Waals surface area contributed by atoms with Gasteiger partial charge in [0.25, 0.3) is 0 Å². The summed E-state index contributed by atoms with van der Waals surface area (Å²) in [6, 6.07) is 2.74. The van der Waals surface area contributed by atoms with Crippen molar-refractivity contribution < 1.29 is 21.6 Å². The monoisotopic (exact) mass is 314 g/mol. The molecule has 0 heterocycles. The quantitative estimate of drug-likeness (QED) is 0.838. The maximum atomic E-state index is 12.5. The predicted octanol–water partition coefficient (Wildman–Crippen LogP) is 3.39. The normalized spacial score (nSPS) is 12.5. The minimum Gasteiger partial charge on any atom is -0.219 e. The fourth-order valence-electron chi connectivity index (χ4n) is 1.06. The topological polar surface area (TPSA) is 34.1 Å². The third-order valence-corrected chi connectivity index (χ3v) is 3.66. The van der Waals surface area contributed by atoms with Gasteiger partial charge in [0, 0.05) is 9.88 Å². The van der Waals surface area contributed by atoms with Crippen molar-refractivity contribution in [2.45, 2.75) is 11.1 Å². The number of halogens is 4. The predicted molar refractivity (Wildman–Crippen MR) is 56.5 cm³/mol. The molecule has 0 aliphatic carbocycles. The van der Waals surface area contributed by atoms with Crippen LogP contribution in [0.4, 0.5) is 13.2 Å². The third-order valence-electron chi connectivity index (χ3n) is 1.78. The smallest absolute Gasteiger partial charge is 0.219 e. The van der Waals surface area contributed by atoms with Crippen LogP contribution in [0.25, 0.3) is 0 Å². The Kier molecular flexibility index (Phi) is 3.49. The molecule has 0 amide bonds. The Morgan fingerprint density at radius 1 is 1.31 bits per heavy atom. The average Bonchev–Trinajstić information content (AvgIpc) is 2.15. The van der Waals surface area contributed by atoms with Crippen molar-refractivity contribution in [1.82, 2.24) is 0 Å². The Morgan fingerprint density at radius 2 is 1.88 bits per heavy atom. The molecule has 1 aromatic rings. The summed E-state index contributed by atoms with van der Waals surface area (Å²) in [5.41, 5.74) is -1.20. The summed E-state index contributed by atoms with van der Waals surface area (Å²) in [4.78, 5) is -0.802. The molecule has 2 nitrogen and oxygen atoms in total. The van der Waals surface area contributed by atoms with Gasteiger partial charge in [-0.1, -0.05) is 22.5 Å². The molecule has 0 unspecified atom stereocenters. The highest BCUT2D eigenvalue weighted by atomic mass is 79.9. The molecule has 0 radical (unpaired) electrons. The number of alkyl halides is 3. The van der Waals surface area contributed by atoms with E-state index < -0.39 is 26.5 Å². The Morgan fingerprint density at radius 3 is 2.31 bits per heavy atom. The minimum absolute atomic E-state index is 0.251. The lowest BCUT2D eigenvalue weighted by Gasteiger charge is -2.11. The molecule has 0 aliphatic heterocycles. The molecule has 0 saturated carbocycles. The first kappa shape index (κ1) is 13.2. The van der Waals surface area contributed by atoms with Gasteiger partial charge in [0.15, 0.2) is 9.84 Å². The van der Waals surface area contributed by atoms with Crippen LogP contribution in [0.5, 0.6) is 0 Å². The lowest BCUT2D eigenvalue weighted by molar-refractivity contribution is -0.139. The summed E-state index contributed by atoms with van der Waals surface area (Å²) in [5.74, 6) is 0. The zero-order valence-corrected chi connectivity index (χ0v) is 10.2. The molecule has 1 aromatic carbocycles. The average molecular weight is 315 g/mol. The number of sulfone groups is 1. The number of hydrogen-bond donors (Lipinski definition) is 0. The molecular weight excluding hydrogens is 309 g/mol. The zero-order valence-electron chi connectivity index (χ0n) is 7.75. The van der Waals surface area contributed by atoms with E-state index in [1.54, 1.807) is 0 Å². The molecule has 0 fully saturated rings. The van der Waals surface area contributed by atoms with Crippen molar-refractivity contribution in [2.24, 2.45) is 0 Å². The molecule has 0 saturated heterocycles. The van der Waals surface area contributed by atoms with E-state index in [4.69, 9.17) is 0 Å². The van der Waals surface area contributed by atoms with Crippen molar-refractivity contribution in [3.8, 4) is 0 Å². The van der Waals surface area contributed by atoms with E-state index in [1.807, 2.05) is 0 Å². The van der Waals surface area contributed by atoms with Gasteiger partial charge in [-0.05, 0) is 18.2 Å². The zero-order chi connectivity index (χ0) is 12.6. The van der Waals surface area contributed by atoms with Gasteiger partial charge >= 0.3 is 6.18 Å². The van der Waals surface area contributed by atoms with E-state index in [9.17, 15) is 21.6 Å². The molecule has 88 valence electrons. The molecule has 0 N–H and O–H groups in total. The molecular formula is C9H6BrF3O2S. The highest BCUT2D eigenvalue weighted by Crippen LogP contribution is 2.36. The minimum atomic E-state index is -4.72. The maximum absolute atomic E-state index is 12.5. The molecule has 0 aliphatic rings. The second kappa shape index (κ2) is 4.21. The van der Waals surface area contributed by atoms with Crippen LogP contribution in [-0.4, -0.2) is 8.42 Å². The first-order valence-corrected chi connectivity index (χ1v) is 6.26. The Labute approximate surface area is 98.8 Å². The number of rotatable bonds is 2. The van der Waals surface area contributed by atoms with E-state index in [-0.39, 0.29) is 4.47 Å². The maximum Gasteiger partial charge on any atom is 0.417 e.